The monoisotopic (exact) mass is 436 g/mol. The van der Waals surface area contributed by atoms with Crippen LogP contribution in [-0.4, -0.2) is 57.9 Å². The zero-order valence-electron chi connectivity index (χ0n) is 17.7. The SMILES string of the molecule is CC(C)(C)[Si](C)(C)OC[C@H]1O[C@@H](n2ccc(=O)[nH]c2=O)[C@H](Oc2ncccn2)[C@@H]1O. The van der Waals surface area contributed by atoms with Gasteiger partial charge in [-0.1, -0.05) is 20.8 Å². The molecular weight excluding hydrogens is 408 g/mol. The second kappa shape index (κ2) is 8.42. The van der Waals surface area contributed by atoms with E-state index < -0.39 is 44.1 Å². The summed E-state index contributed by atoms with van der Waals surface area (Å²) in [5, 5.41) is 10.9. The topological polar surface area (TPSA) is 129 Å². The van der Waals surface area contributed by atoms with Crippen LogP contribution in [0.25, 0.3) is 0 Å². The van der Waals surface area contributed by atoms with E-state index in [4.69, 9.17) is 13.9 Å². The van der Waals surface area contributed by atoms with E-state index in [0.29, 0.717) is 0 Å². The average molecular weight is 437 g/mol. The average Bonchev–Trinajstić information content (AvgIpc) is 2.96. The molecule has 3 heterocycles. The fraction of sp³-hybridized carbons (Fsp3) is 0.579. The van der Waals surface area contributed by atoms with Gasteiger partial charge in [0.15, 0.2) is 20.6 Å². The molecule has 2 N–H and O–H groups in total. The van der Waals surface area contributed by atoms with Crippen molar-refractivity contribution in [3.63, 3.8) is 0 Å². The Labute approximate surface area is 175 Å². The Kier molecular flexibility index (Phi) is 6.27. The van der Waals surface area contributed by atoms with Crippen LogP contribution in [0.2, 0.25) is 18.1 Å². The van der Waals surface area contributed by atoms with Gasteiger partial charge in [0.05, 0.1) is 6.61 Å². The first kappa shape index (κ1) is 22.3. The molecule has 1 aliphatic heterocycles. The summed E-state index contributed by atoms with van der Waals surface area (Å²) in [6, 6.07) is 2.87. The molecule has 2 aromatic rings. The molecule has 11 heteroatoms. The molecule has 30 heavy (non-hydrogen) atoms. The lowest BCUT2D eigenvalue weighted by Gasteiger charge is -2.37. The highest BCUT2D eigenvalue weighted by atomic mass is 28.4. The number of aliphatic hydroxyl groups is 1. The maximum Gasteiger partial charge on any atom is 0.330 e. The number of H-pyrrole nitrogens is 1. The summed E-state index contributed by atoms with van der Waals surface area (Å²) in [6.45, 7) is 10.7. The number of nitrogens with one attached hydrogen (secondary N) is 1. The van der Waals surface area contributed by atoms with E-state index in [1.807, 2.05) is 0 Å². The number of rotatable bonds is 6. The molecule has 0 bridgehead atoms. The van der Waals surface area contributed by atoms with E-state index in [9.17, 15) is 14.7 Å². The highest BCUT2D eigenvalue weighted by Crippen LogP contribution is 2.38. The van der Waals surface area contributed by atoms with E-state index >= 15 is 0 Å². The lowest BCUT2D eigenvalue weighted by Crippen LogP contribution is -2.45. The quantitative estimate of drug-likeness (QED) is 0.643. The molecule has 0 saturated carbocycles. The van der Waals surface area contributed by atoms with Gasteiger partial charge in [0.25, 0.3) is 5.56 Å². The Morgan fingerprint density at radius 2 is 1.93 bits per heavy atom. The molecule has 0 spiro atoms. The Balaban J connectivity index is 1.87. The highest BCUT2D eigenvalue weighted by molar-refractivity contribution is 6.74. The van der Waals surface area contributed by atoms with Gasteiger partial charge in [-0.25, -0.2) is 14.8 Å². The normalized spacial score (nSPS) is 24.7. The fourth-order valence-corrected chi connectivity index (χ4v) is 3.82. The molecule has 10 nitrogen and oxygen atoms in total. The third-order valence-corrected chi connectivity index (χ3v) is 10.1. The van der Waals surface area contributed by atoms with Crippen molar-refractivity contribution in [2.24, 2.45) is 0 Å². The third-order valence-electron chi connectivity index (χ3n) is 5.64. The van der Waals surface area contributed by atoms with Gasteiger partial charge in [-0.05, 0) is 24.2 Å². The number of aromatic nitrogens is 4. The second-order valence-electron chi connectivity index (χ2n) is 8.76. The standard InChI is InChI=1S/C19H28N4O6Si/c1-19(2,3)30(4,5)27-11-12-14(25)15(29-17-20-8-6-9-21-17)16(28-12)23-10-7-13(24)22-18(23)26/h6-10,12,14-16,25H,11H2,1-5H3,(H,22,24,26)/t12-,14-,15-,16-/m1/s1. The first-order chi connectivity index (χ1) is 14.0. The molecule has 1 saturated heterocycles. The van der Waals surface area contributed by atoms with Crippen LogP contribution in [0.3, 0.4) is 0 Å². The number of nitrogens with zero attached hydrogens (tertiary/aromatic N) is 3. The number of aromatic amines is 1. The smallest absolute Gasteiger partial charge is 0.330 e. The van der Waals surface area contributed by atoms with Crippen LogP contribution in [0.1, 0.15) is 27.0 Å². The minimum absolute atomic E-state index is 0.0143. The maximum atomic E-state index is 12.3. The Bertz CT molecular complexity index is 971. The fourth-order valence-electron chi connectivity index (χ4n) is 2.81. The largest absolute Gasteiger partial charge is 0.452 e. The molecule has 0 unspecified atom stereocenters. The van der Waals surface area contributed by atoms with Gasteiger partial charge in [0, 0.05) is 24.7 Å². The van der Waals surface area contributed by atoms with Gasteiger partial charge in [-0.3, -0.25) is 14.3 Å². The van der Waals surface area contributed by atoms with Crippen LogP contribution in [0, 0.1) is 0 Å². The Hall–Kier alpha value is -2.34. The second-order valence-corrected chi connectivity index (χ2v) is 13.6. The number of ether oxygens (including phenoxy) is 2. The predicted molar refractivity (Wildman–Crippen MR) is 111 cm³/mol. The van der Waals surface area contributed by atoms with Crippen LogP contribution in [-0.2, 0) is 9.16 Å². The summed E-state index contributed by atoms with van der Waals surface area (Å²) in [4.78, 5) is 34.0. The van der Waals surface area contributed by atoms with Gasteiger partial charge in [0.1, 0.15) is 12.2 Å². The number of hydrogen-bond donors (Lipinski definition) is 2. The van der Waals surface area contributed by atoms with Crippen LogP contribution in [0.4, 0.5) is 0 Å². The summed E-state index contributed by atoms with van der Waals surface area (Å²) >= 11 is 0. The first-order valence-corrected chi connectivity index (χ1v) is 12.6. The molecule has 1 fully saturated rings. The molecule has 0 aromatic carbocycles. The molecule has 4 atom stereocenters. The van der Waals surface area contributed by atoms with Crippen molar-refractivity contribution in [3.05, 3.63) is 51.6 Å². The lowest BCUT2D eigenvalue weighted by molar-refractivity contribution is -0.0509. The van der Waals surface area contributed by atoms with E-state index in [0.717, 1.165) is 0 Å². The molecular formula is C19H28N4O6Si. The van der Waals surface area contributed by atoms with Crippen molar-refractivity contribution >= 4 is 8.32 Å². The first-order valence-electron chi connectivity index (χ1n) is 9.72. The summed E-state index contributed by atoms with van der Waals surface area (Å²) in [5.41, 5.74) is -1.20. The van der Waals surface area contributed by atoms with Crippen LogP contribution in [0.5, 0.6) is 6.01 Å². The molecule has 164 valence electrons. The minimum Gasteiger partial charge on any atom is -0.452 e. The maximum absolute atomic E-state index is 12.3. The van der Waals surface area contributed by atoms with E-state index in [-0.39, 0.29) is 17.7 Å². The summed E-state index contributed by atoms with van der Waals surface area (Å²) in [7, 11) is -2.09. The molecule has 1 aliphatic rings. The lowest BCUT2D eigenvalue weighted by atomic mass is 10.1. The molecule has 0 aliphatic carbocycles. The Morgan fingerprint density at radius 1 is 1.27 bits per heavy atom. The molecule has 0 amide bonds. The third kappa shape index (κ3) is 4.69. The van der Waals surface area contributed by atoms with Gasteiger partial charge in [0.2, 0.25) is 0 Å². The minimum atomic E-state index is -2.09. The molecule has 0 radical (unpaired) electrons. The number of aliphatic hydroxyl groups excluding tert-OH is 1. The van der Waals surface area contributed by atoms with Crippen molar-refractivity contribution in [3.8, 4) is 6.01 Å². The van der Waals surface area contributed by atoms with Crippen molar-refractivity contribution < 1.29 is 19.0 Å². The molecule has 2 aromatic heterocycles. The van der Waals surface area contributed by atoms with Crippen LogP contribution >= 0.6 is 0 Å². The van der Waals surface area contributed by atoms with E-state index in [2.05, 4.69) is 48.8 Å². The summed E-state index contributed by atoms with van der Waals surface area (Å²) in [5.74, 6) is 0. The van der Waals surface area contributed by atoms with Gasteiger partial charge in [-0.2, -0.15) is 0 Å². The van der Waals surface area contributed by atoms with E-state index in [1.54, 1.807) is 6.07 Å². The predicted octanol–water partition coefficient (Wildman–Crippen LogP) is 1.05. The molecule has 3 rings (SSSR count). The number of hydrogen-bond acceptors (Lipinski definition) is 8. The van der Waals surface area contributed by atoms with Gasteiger partial charge < -0.3 is 19.0 Å². The van der Waals surface area contributed by atoms with Crippen molar-refractivity contribution in [1.82, 2.24) is 19.5 Å². The zero-order valence-corrected chi connectivity index (χ0v) is 18.7. The van der Waals surface area contributed by atoms with Crippen LogP contribution in [0.15, 0.2) is 40.3 Å². The Morgan fingerprint density at radius 3 is 2.53 bits per heavy atom. The van der Waals surface area contributed by atoms with Gasteiger partial charge >= 0.3 is 11.7 Å². The van der Waals surface area contributed by atoms with Crippen molar-refractivity contribution in [2.75, 3.05) is 6.61 Å². The van der Waals surface area contributed by atoms with Crippen LogP contribution < -0.4 is 16.0 Å². The highest BCUT2D eigenvalue weighted by Gasteiger charge is 2.48. The van der Waals surface area contributed by atoms with Gasteiger partial charge in [-0.15, -0.1) is 0 Å². The van der Waals surface area contributed by atoms with Crippen molar-refractivity contribution in [1.29, 1.82) is 0 Å². The summed E-state index contributed by atoms with van der Waals surface area (Å²) < 4.78 is 19.1. The van der Waals surface area contributed by atoms with Crippen molar-refractivity contribution in [2.45, 2.75) is 63.4 Å². The zero-order chi connectivity index (χ0) is 22.1. The summed E-state index contributed by atoms with van der Waals surface area (Å²) in [6.07, 6.45) is 0.481. The van der Waals surface area contributed by atoms with E-state index in [1.165, 1.54) is 29.2 Å².